The smallest absolute Gasteiger partial charge is 0.255 e. The Morgan fingerprint density at radius 2 is 2.00 bits per heavy atom. The van der Waals surface area contributed by atoms with E-state index in [-0.39, 0.29) is 5.91 Å². The Kier molecular flexibility index (Phi) is 5.44. The Hall–Kier alpha value is -2.57. The Morgan fingerprint density at radius 1 is 1.23 bits per heavy atom. The first-order valence-electron chi connectivity index (χ1n) is 7.97. The maximum absolute atomic E-state index is 13.0. The van der Waals surface area contributed by atoms with E-state index < -0.39 is 6.04 Å². The van der Waals surface area contributed by atoms with Crippen LogP contribution in [0, 0.1) is 0 Å². The predicted molar refractivity (Wildman–Crippen MR) is 107 cm³/mol. The van der Waals surface area contributed by atoms with Gasteiger partial charge in [-0.15, -0.1) is 0 Å². The van der Waals surface area contributed by atoms with E-state index in [1.54, 1.807) is 25.3 Å². The number of thiocarbonyl (C=S) groups is 1. The number of allylic oxidation sites excluding steroid dienone is 1. The van der Waals surface area contributed by atoms with Gasteiger partial charge in [-0.3, -0.25) is 4.79 Å². The molecule has 0 saturated carbocycles. The summed E-state index contributed by atoms with van der Waals surface area (Å²) in [7, 11) is 1.56. The molecule has 0 fully saturated rings. The first kappa shape index (κ1) is 18.2. The number of carbonyl (C=O) groups excluding carboxylic acids is 1. The first-order valence-corrected chi connectivity index (χ1v) is 8.76. The highest BCUT2D eigenvalue weighted by atomic mass is 35.5. The number of amides is 1. The van der Waals surface area contributed by atoms with Gasteiger partial charge in [-0.1, -0.05) is 35.9 Å². The van der Waals surface area contributed by atoms with Crippen molar-refractivity contribution in [2.75, 3.05) is 12.4 Å². The molecule has 1 amide bonds. The van der Waals surface area contributed by atoms with Gasteiger partial charge in [0, 0.05) is 10.7 Å². The summed E-state index contributed by atoms with van der Waals surface area (Å²) < 4.78 is 5.30. The Labute approximate surface area is 162 Å². The van der Waals surface area contributed by atoms with Gasteiger partial charge in [0.15, 0.2) is 5.11 Å². The molecule has 0 aliphatic carbocycles. The molecule has 5 nitrogen and oxygen atoms in total. The van der Waals surface area contributed by atoms with Crippen LogP contribution in [0.5, 0.6) is 5.75 Å². The average Bonchev–Trinajstić information content (AvgIpc) is 2.61. The van der Waals surface area contributed by atoms with Crippen LogP contribution in [-0.4, -0.2) is 18.1 Å². The van der Waals surface area contributed by atoms with E-state index in [9.17, 15) is 4.79 Å². The van der Waals surface area contributed by atoms with Crippen LogP contribution in [0.3, 0.4) is 0 Å². The molecule has 0 aromatic heterocycles. The van der Waals surface area contributed by atoms with Gasteiger partial charge in [0.05, 0.1) is 24.4 Å². The topological polar surface area (TPSA) is 62.4 Å². The lowest BCUT2D eigenvalue weighted by Gasteiger charge is -2.30. The highest BCUT2D eigenvalue weighted by molar-refractivity contribution is 7.80. The average molecular weight is 388 g/mol. The second-order valence-corrected chi connectivity index (χ2v) is 6.62. The van der Waals surface area contributed by atoms with Crippen LogP contribution in [0.1, 0.15) is 18.5 Å². The van der Waals surface area contributed by atoms with Gasteiger partial charge in [-0.2, -0.15) is 0 Å². The van der Waals surface area contributed by atoms with Gasteiger partial charge < -0.3 is 20.7 Å². The largest absolute Gasteiger partial charge is 0.495 e. The van der Waals surface area contributed by atoms with E-state index >= 15 is 0 Å². The van der Waals surface area contributed by atoms with Gasteiger partial charge in [0.25, 0.3) is 5.91 Å². The number of carbonyl (C=O) groups is 1. The maximum Gasteiger partial charge on any atom is 0.255 e. The highest BCUT2D eigenvalue weighted by Gasteiger charge is 2.30. The number of rotatable bonds is 4. The molecule has 3 rings (SSSR count). The van der Waals surface area contributed by atoms with Crippen molar-refractivity contribution in [1.82, 2.24) is 10.6 Å². The second-order valence-electron chi connectivity index (χ2n) is 5.78. The molecule has 0 spiro atoms. The van der Waals surface area contributed by atoms with Crippen molar-refractivity contribution in [2.24, 2.45) is 0 Å². The van der Waals surface area contributed by atoms with E-state index in [0.29, 0.717) is 32.8 Å². The minimum Gasteiger partial charge on any atom is -0.495 e. The van der Waals surface area contributed by atoms with Gasteiger partial charge >= 0.3 is 0 Å². The molecule has 3 N–H and O–H groups in total. The van der Waals surface area contributed by atoms with E-state index in [2.05, 4.69) is 16.0 Å². The van der Waals surface area contributed by atoms with E-state index in [1.807, 2.05) is 37.3 Å². The lowest BCUT2D eigenvalue weighted by atomic mass is 9.95. The van der Waals surface area contributed by atoms with Crippen LogP contribution in [0.4, 0.5) is 5.69 Å². The number of para-hydroxylation sites is 2. The standard InChI is InChI=1S/C19H18ClN3O2S/c1-11-16(18(24)22-14-8-3-4-9-15(14)25-2)17(23-19(26)21-11)12-6-5-7-13(20)10-12/h3-10,17H,1-2H3,(H,22,24)(H2,21,23,26). The van der Waals surface area contributed by atoms with Gasteiger partial charge in [-0.25, -0.2) is 0 Å². The summed E-state index contributed by atoms with van der Waals surface area (Å²) in [5.74, 6) is 0.338. The van der Waals surface area contributed by atoms with Crippen LogP contribution in [0.15, 0.2) is 59.8 Å². The normalized spacial score (nSPS) is 16.6. The second kappa shape index (κ2) is 7.76. The fraction of sp³-hybridized carbons (Fsp3) is 0.158. The Morgan fingerprint density at radius 3 is 2.73 bits per heavy atom. The number of hydrogen-bond donors (Lipinski definition) is 3. The van der Waals surface area contributed by atoms with Crippen LogP contribution in [-0.2, 0) is 4.79 Å². The summed E-state index contributed by atoms with van der Waals surface area (Å²) in [5, 5.41) is 10.1. The molecule has 0 radical (unpaired) electrons. The molecule has 26 heavy (non-hydrogen) atoms. The number of halogens is 1. The fourth-order valence-electron chi connectivity index (χ4n) is 2.87. The number of methoxy groups -OCH3 is 1. The fourth-order valence-corrected chi connectivity index (χ4v) is 3.34. The van der Waals surface area contributed by atoms with Crippen molar-refractivity contribution >= 4 is 40.5 Å². The zero-order chi connectivity index (χ0) is 18.7. The Bertz CT molecular complexity index is 898. The minimum atomic E-state index is -0.405. The molecule has 2 aromatic carbocycles. The van der Waals surface area contributed by atoms with Crippen molar-refractivity contribution < 1.29 is 9.53 Å². The maximum atomic E-state index is 13.0. The molecule has 0 saturated heterocycles. The summed E-state index contributed by atoms with van der Waals surface area (Å²) in [4.78, 5) is 13.0. The van der Waals surface area contributed by atoms with Crippen molar-refractivity contribution in [1.29, 1.82) is 0 Å². The Balaban J connectivity index is 1.97. The lowest BCUT2D eigenvalue weighted by molar-refractivity contribution is -0.113. The molecule has 1 heterocycles. The van der Waals surface area contributed by atoms with Crippen LogP contribution < -0.4 is 20.7 Å². The molecule has 1 aliphatic heterocycles. The molecule has 1 atom stereocenters. The zero-order valence-electron chi connectivity index (χ0n) is 14.3. The zero-order valence-corrected chi connectivity index (χ0v) is 15.9. The third kappa shape index (κ3) is 3.81. The van der Waals surface area contributed by atoms with Crippen molar-refractivity contribution in [2.45, 2.75) is 13.0 Å². The monoisotopic (exact) mass is 387 g/mol. The minimum absolute atomic E-state index is 0.250. The lowest BCUT2D eigenvalue weighted by Crippen LogP contribution is -2.45. The van der Waals surface area contributed by atoms with E-state index in [0.717, 1.165) is 5.56 Å². The SMILES string of the molecule is COc1ccccc1NC(=O)C1=C(C)NC(=S)NC1c1cccc(Cl)c1. The number of benzene rings is 2. The molecular weight excluding hydrogens is 370 g/mol. The number of anilines is 1. The third-order valence-electron chi connectivity index (χ3n) is 4.05. The van der Waals surface area contributed by atoms with Gasteiger partial charge in [-0.05, 0) is 49.0 Å². The summed E-state index contributed by atoms with van der Waals surface area (Å²) in [5.41, 5.74) is 2.67. The van der Waals surface area contributed by atoms with Crippen molar-refractivity contribution in [3.63, 3.8) is 0 Å². The van der Waals surface area contributed by atoms with Gasteiger partial charge in [0.1, 0.15) is 5.75 Å². The summed E-state index contributed by atoms with van der Waals surface area (Å²) >= 11 is 11.4. The van der Waals surface area contributed by atoms with E-state index in [4.69, 9.17) is 28.6 Å². The molecule has 134 valence electrons. The summed E-state index contributed by atoms with van der Waals surface area (Å²) in [6, 6.07) is 14.2. The van der Waals surface area contributed by atoms with Crippen molar-refractivity contribution in [3.05, 3.63) is 70.4 Å². The van der Waals surface area contributed by atoms with E-state index in [1.165, 1.54) is 0 Å². The summed E-state index contributed by atoms with van der Waals surface area (Å²) in [6.45, 7) is 1.82. The number of nitrogens with one attached hydrogen (secondary N) is 3. The highest BCUT2D eigenvalue weighted by Crippen LogP contribution is 2.30. The molecule has 1 unspecified atom stereocenters. The number of ether oxygens (including phenoxy) is 1. The van der Waals surface area contributed by atoms with Crippen LogP contribution >= 0.6 is 23.8 Å². The third-order valence-corrected chi connectivity index (χ3v) is 4.51. The van der Waals surface area contributed by atoms with Crippen LogP contribution in [0.2, 0.25) is 5.02 Å². The number of hydrogen-bond acceptors (Lipinski definition) is 3. The van der Waals surface area contributed by atoms with Crippen LogP contribution in [0.25, 0.3) is 0 Å². The molecule has 0 bridgehead atoms. The van der Waals surface area contributed by atoms with Crippen molar-refractivity contribution in [3.8, 4) is 5.75 Å². The quantitative estimate of drug-likeness (QED) is 0.697. The molecular formula is C19H18ClN3O2S. The molecule has 2 aromatic rings. The summed E-state index contributed by atoms with van der Waals surface area (Å²) in [6.07, 6.45) is 0. The molecule has 1 aliphatic rings. The molecule has 7 heteroatoms. The predicted octanol–water partition coefficient (Wildman–Crippen LogP) is 3.78. The van der Waals surface area contributed by atoms with Gasteiger partial charge in [0.2, 0.25) is 0 Å². The first-order chi connectivity index (χ1) is 12.5.